The van der Waals surface area contributed by atoms with Crippen molar-refractivity contribution in [2.24, 2.45) is 11.8 Å². The van der Waals surface area contributed by atoms with Gasteiger partial charge in [0.2, 0.25) is 10.0 Å². The van der Waals surface area contributed by atoms with Crippen LogP contribution in [0.15, 0.2) is 17.0 Å². The predicted octanol–water partition coefficient (Wildman–Crippen LogP) is 2.78. The van der Waals surface area contributed by atoms with Crippen LogP contribution in [-0.4, -0.2) is 15.0 Å². The third-order valence-electron chi connectivity index (χ3n) is 3.71. The maximum atomic E-state index is 13.2. The largest absolute Gasteiger partial charge is 0.396 e. The van der Waals surface area contributed by atoms with Crippen LogP contribution in [0.2, 0.25) is 5.02 Å². The van der Waals surface area contributed by atoms with Crippen molar-refractivity contribution < 1.29 is 12.8 Å². The lowest BCUT2D eigenvalue weighted by atomic mass is 10.1. The number of nitrogens with one attached hydrogen (secondary N) is 1. The van der Waals surface area contributed by atoms with Gasteiger partial charge in [-0.1, -0.05) is 24.9 Å². The first-order chi connectivity index (χ1) is 9.29. The van der Waals surface area contributed by atoms with Crippen LogP contribution in [0.4, 0.5) is 10.1 Å². The van der Waals surface area contributed by atoms with Crippen LogP contribution >= 0.6 is 11.6 Å². The number of nitrogens with two attached hydrogens (primary N) is 1. The molecule has 0 spiro atoms. The highest BCUT2D eigenvalue weighted by Gasteiger charge is 2.25. The molecule has 1 saturated carbocycles. The first-order valence-corrected chi connectivity index (χ1v) is 8.40. The third kappa shape index (κ3) is 3.42. The van der Waals surface area contributed by atoms with E-state index in [1.54, 1.807) is 0 Å². The minimum Gasteiger partial charge on any atom is -0.396 e. The topological polar surface area (TPSA) is 72.2 Å². The van der Waals surface area contributed by atoms with E-state index in [1.165, 1.54) is 0 Å². The van der Waals surface area contributed by atoms with E-state index in [4.69, 9.17) is 17.3 Å². The fourth-order valence-corrected chi connectivity index (χ4v) is 4.23. The molecule has 1 aliphatic rings. The molecule has 112 valence electrons. The van der Waals surface area contributed by atoms with Crippen LogP contribution in [0.25, 0.3) is 0 Å². The van der Waals surface area contributed by atoms with E-state index in [0.717, 1.165) is 31.4 Å². The molecular formula is C13H18ClFN2O2S. The van der Waals surface area contributed by atoms with Crippen LogP contribution in [-0.2, 0) is 10.0 Å². The second-order valence-corrected chi connectivity index (χ2v) is 7.58. The van der Waals surface area contributed by atoms with E-state index in [2.05, 4.69) is 11.6 Å². The fraction of sp³-hybridized carbons (Fsp3) is 0.538. The maximum Gasteiger partial charge on any atom is 0.242 e. The van der Waals surface area contributed by atoms with Gasteiger partial charge in [-0.05, 0) is 36.8 Å². The molecule has 0 aromatic heterocycles. The Balaban J connectivity index is 2.12. The number of rotatable bonds is 4. The molecule has 4 nitrogen and oxygen atoms in total. The number of hydrogen-bond donors (Lipinski definition) is 2. The third-order valence-corrected chi connectivity index (χ3v) is 5.59. The SMILES string of the molecule is CC1CCC(CNS(=O)(=O)c2cc(N)c(F)cc2Cl)C1. The van der Waals surface area contributed by atoms with Crippen molar-refractivity contribution in [1.29, 1.82) is 0 Å². The molecule has 0 saturated heterocycles. The summed E-state index contributed by atoms with van der Waals surface area (Å²) in [4.78, 5) is -0.177. The van der Waals surface area contributed by atoms with E-state index in [0.29, 0.717) is 18.4 Å². The van der Waals surface area contributed by atoms with Crippen molar-refractivity contribution in [3.05, 3.63) is 23.0 Å². The van der Waals surface area contributed by atoms with Gasteiger partial charge in [0.1, 0.15) is 10.7 Å². The Hall–Kier alpha value is -0.850. The standard InChI is InChI=1S/C13H18ClFN2O2S/c1-8-2-3-9(4-8)7-17-20(18,19)13-6-12(16)11(15)5-10(13)14/h5-6,8-9,17H,2-4,7,16H2,1H3. The molecule has 1 fully saturated rings. The van der Waals surface area contributed by atoms with Gasteiger partial charge in [-0.15, -0.1) is 0 Å². The van der Waals surface area contributed by atoms with Crippen molar-refractivity contribution in [3.63, 3.8) is 0 Å². The fourth-order valence-electron chi connectivity index (χ4n) is 2.57. The van der Waals surface area contributed by atoms with Gasteiger partial charge in [0.25, 0.3) is 0 Å². The van der Waals surface area contributed by atoms with Crippen LogP contribution in [0, 0.1) is 17.7 Å². The molecule has 0 amide bonds. The van der Waals surface area contributed by atoms with E-state index < -0.39 is 15.8 Å². The Morgan fingerprint density at radius 2 is 2.15 bits per heavy atom. The van der Waals surface area contributed by atoms with Gasteiger partial charge in [0.15, 0.2) is 0 Å². The summed E-state index contributed by atoms with van der Waals surface area (Å²) in [7, 11) is -3.76. The number of hydrogen-bond acceptors (Lipinski definition) is 3. The summed E-state index contributed by atoms with van der Waals surface area (Å²) in [5.41, 5.74) is 5.16. The predicted molar refractivity (Wildman–Crippen MR) is 77.5 cm³/mol. The normalized spacial score (nSPS) is 23.1. The Bertz CT molecular complexity index is 607. The van der Waals surface area contributed by atoms with Gasteiger partial charge >= 0.3 is 0 Å². The molecule has 0 aliphatic heterocycles. The molecular weight excluding hydrogens is 303 g/mol. The van der Waals surface area contributed by atoms with E-state index in [1.807, 2.05) is 0 Å². The minimum absolute atomic E-state index is 0.163. The molecule has 1 aliphatic carbocycles. The van der Waals surface area contributed by atoms with Crippen molar-refractivity contribution in [1.82, 2.24) is 4.72 Å². The summed E-state index contributed by atoms with van der Waals surface area (Å²) >= 11 is 5.79. The highest BCUT2D eigenvalue weighted by Crippen LogP contribution is 2.31. The van der Waals surface area contributed by atoms with Gasteiger partial charge in [-0.25, -0.2) is 17.5 Å². The molecule has 7 heteroatoms. The smallest absolute Gasteiger partial charge is 0.242 e. The molecule has 0 bridgehead atoms. The number of nitrogen functional groups attached to an aromatic ring is 1. The second kappa shape index (κ2) is 5.87. The highest BCUT2D eigenvalue weighted by molar-refractivity contribution is 7.89. The first kappa shape index (κ1) is 15.5. The molecule has 1 aromatic carbocycles. The Kier molecular flexibility index (Phi) is 4.56. The maximum absolute atomic E-state index is 13.2. The van der Waals surface area contributed by atoms with Gasteiger partial charge in [0, 0.05) is 6.54 Å². The second-order valence-electron chi connectivity index (χ2n) is 5.44. The monoisotopic (exact) mass is 320 g/mol. The summed E-state index contributed by atoms with van der Waals surface area (Å²) in [5.74, 6) is 0.254. The lowest BCUT2D eigenvalue weighted by Gasteiger charge is -2.13. The minimum atomic E-state index is -3.76. The summed E-state index contributed by atoms with van der Waals surface area (Å²) in [6.45, 7) is 2.53. The lowest BCUT2D eigenvalue weighted by Crippen LogP contribution is -2.29. The van der Waals surface area contributed by atoms with Crippen molar-refractivity contribution in [3.8, 4) is 0 Å². The zero-order valence-electron chi connectivity index (χ0n) is 11.2. The zero-order valence-corrected chi connectivity index (χ0v) is 12.8. The molecule has 2 unspecified atom stereocenters. The number of halogens is 2. The van der Waals surface area contributed by atoms with Gasteiger partial charge < -0.3 is 5.73 Å². The van der Waals surface area contributed by atoms with Crippen LogP contribution in [0.3, 0.4) is 0 Å². The Morgan fingerprint density at radius 3 is 2.75 bits per heavy atom. The molecule has 0 radical (unpaired) electrons. The quantitative estimate of drug-likeness (QED) is 0.838. The summed E-state index contributed by atoms with van der Waals surface area (Å²) in [5, 5.41) is -0.163. The van der Waals surface area contributed by atoms with E-state index in [-0.39, 0.29) is 15.6 Å². The van der Waals surface area contributed by atoms with Gasteiger partial charge in [-0.2, -0.15) is 0 Å². The average Bonchev–Trinajstić information content (AvgIpc) is 2.77. The molecule has 2 atom stereocenters. The van der Waals surface area contributed by atoms with Gasteiger partial charge in [0.05, 0.1) is 10.7 Å². The zero-order chi connectivity index (χ0) is 14.9. The van der Waals surface area contributed by atoms with Crippen molar-refractivity contribution in [2.75, 3.05) is 12.3 Å². The van der Waals surface area contributed by atoms with Crippen LogP contribution < -0.4 is 10.5 Å². The number of anilines is 1. The Labute approximate surface area is 123 Å². The van der Waals surface area contributed by atoms with Crippen molar-refractivity contribution >= 4 is 27.3 Å². The summed E-state index contributed by atoms with van der Waals surface area (Å²) in [6, 6.07) is 1.97. The molecule has 3 N–H and O–H groups in total. The van der Waals surface area contributed by atoms with E-state index in [9.17, 15) is 12.8 Å². The summed E-state index contributed by atoms with van der Waals surface area (Å²) < 4.78 is 40.1. The molecule has 1 aromatic rings. The van der Waals surface area contributed by atoms with Crippen LogP contribution in [0.5, 0.6) is 0 Å². The molecule has 0 heterocycles. The molecule has 2 rings (SSSR count). The summed E-state index contributed by atoms with van der Waals surface area (Å²) in [6.07, 6.45) is 3.15. The van der Waals surface area contributed by atoms with Gasteiger partial charge in [-0.3, -0.25) is 0 Å². The number of benzene rings is 1. The van der Waals surface area contributed by atoms with Crippen LogP contribution in [0.1, 0.15) is 26.2 Å². The Morgan fingerprint density at radius 1 is 1.45 bits per heavy atom. The molecule has 20 heavy (non-hydrogen) atoms. The first-order valence-electron chi connectivity index (χ1n) is 6.54. The highest BCUT2D eigenvalue weighted by atomic mass is 35.5. The average molecular weight is 321 g/mol. The van der Waals surface area contributed by atoms with E-state index >= 15 is 0 Å². The van der Waals surface area contributed by atoms with Crippen molar-refractivity contribution in [2.45, 2.75) is 31.1 Å². The number of sulfonamides is 1. The lowest BCUT2D eigenvalue weighted by molar-refractivity contribution is 0.498.